The van der Waals surface area contributed by atoms with Crippen molar-refractivity contribution in [2.24, 2.45) is 0 Å². The van der Waals surface area contributed by atoms with Crippen LogP contribution in [0.4, 0.5) is 4.39 Å². The number of carbonyl (C=O) groups is 1. The smallest absolute Gasteiger partial charge is 0.354 e. The van der Waals surface area contributed by atoms with E-state index in [1.807, 2.05) is 17.7 Å². The first-order chi connectivity index (χ1) is 9.13. The lowest BCUT2D eigenvalue weighted by atomic mass is 10.1. The Morgan fingerprint density at radius 3 is 2.63 bits per heavy atom. The molecule has 2 aromatic rings. The molecular weight excluding hydrogens is 245 g/mol. The normalized spacial score (nSPS) is 12.2. The Bertz CT molecular complexity index is 560. The predicted octanol–water partition coefficient (Wildman–Crippen LogP) is 3.41. The van der Waals surface area contributed by atoms with E-state index in [0.717, 1.165) is 5.56 Å². The van der Waals surface area contributed by atoms with Crippen LogP contribution in [0, 0.1) is 5.82 Å². The molecular formula is C15H16FNO2. The summed E-state index contributed by atoms with van der Waals surface area (Å²) in [6.45, 7) is 4.07. The summed E-state index contributed by atoms with van der Waals surface area (Å²) in [5.74, 6) is -0.615. The maximum Gasteiger partial charge on any atom is 0.354 e. The highest BCUT2D eigenvalue weighted by molar-refractivity contribution is 5.87. The molecule has 1 unspecified atom stereocenters. The molecule has 0 bridgehead atoms. The molecule has 1 aromatic carbocycles. The molecule has 1 aromatic heterocycles. The summed E-state index contributed by atoms with van der Waals surface area (Å²) in [7, 11) is 0. The van der Waals surface area contributed by atoms with Crippen molar-refractivity contribution < 1.29 is 13.9 Å². The van der Waals surface area contributed by atoms with Crippen molar-refractivity contribution in [2.45, 2.75) is 19.9 Å². The molecule has 0 aliphatic rings. The van der Waals surface area contributed by atoms with E-state index in [1.54, 1.807) is 31.2 Å². The number of ether oxygens (including phenoxy) is 1. The third-order valence-electron chi connectivity index (χ3n) is 3.03. The number of hydrogen-bond acceptors (Lipinski definition) is 2. The molecule has 1 heterocycles. The van der Waals surface area contributed by atoms with Gasteiger partial charge in [-0.3, -0.25) is 0 Å². The molecule has 0 amide bonds. The molecule has 0 saturated heterocycles. The van der Waals surface area contributed by atoms with Gasteiger partial charge in [-0.2, -0.15) is 0 Å². The fraction of sp³-hybridized carbons (Fsp3) is 0.267. The zero-order valence-corrected chi connectivity index (χ0v) is 11.0. The summed E-state index contributed by atoms with van der Waals surface area (Å²) < 4.78 is 19.8. The average molecular weight is 261 g/mol. The van der Waals surface area contributed by atoms with Crippen molar-refractivity contribution in [3.63, 3.8) is 0 Å². The van der Waals surface area contributed by atoms with Gasteiger partial charge in [0.2, 0.25) is 0 Å². The topological polar surface area (TPSA) is 31.2 Å². The van der Waals surface area contributed by atoms with E-state index in [0.29, 0.717) is 12.3 Å². The second-order valence-corrected chi connectivity index (χ2v) is 4.25. The maximum absolute atomic E-state index is 12.9. The third-order valence-corrected chi connectivity index (χ3v) is 3.03. The van der Waals surface area contributed by atoms with Gasteiger partial charge in [0.1, 0.15) is 11.5 Å². The van der Waals surface area contributed by atoms with Gasteiger partial charge in [0.05, 0.1) is 12.6 Å². The minimum atomic E-state index is -0.346. The standard InChI is InChI=1S/C15H16FNO2/c1-3-19-15(18)14-5-4-10-17(14)11(2)12-6-8-13(16)9-7-12/h4-11H,3H2,1-2H3. The lowest BCUT2D eigenvalue weighted by Gasteiger charge is -2.17. The van der Waals surface area contributed by atoms with E-state index in [4.69, 9.17) is 4.74 Å². The number of carbonyl (C=O) groups excluding carboxylic acids is 1. The molecule has 0 N–H and O–H groups in total. The minimum absolute atomic E-state index is 0.0602. The Labute approximate surface area is 111 Å². The Morgan fingerprint density at radius 2 is 2.00 bits per heavy atom. The lowest BCUT2D eigenvalue weighted by Crippen LogP contribution is -2.15. The molecule has 1 atom stereocenters. The largest absolute Gasteiger partial charge is 0.461 e. The van der Waals surface area contributed by atoms with E-state index >= 15 is 0 Å². The molecule has 0 radical (unpaired) electrons. The Hall–Kier alpha value is -2.10. The molecule has 0 fully saturated rings. The van der Waals surface area contributed by atoms with E-state index in [9.17, 15) is 9.18 Å². The van der Waals surface area contributed by atoms with Crippen LogP contribution in [0.25, 0.3) is 0 Å². The number of halogens is 1. The summed E-state index contributed by atoms with van der Waals surface area (Å²) >= 11 is 0. The number of benzene rings is 1. The lowest BCUT2D eigenvalue weighted by molar-refractivity contribution is 0.0512. The first-order valence-electron chi connectivity index (χ1n) is 6.23. The highest BCUT2D eigenvalue weighted by Crippen LogP contribution is 2.21. The first kappa shape index (κ1) is 13.3. The van der Waals surface area contributed by atoms with Crippen molar-refractivity contribution >= 4 is 5.97 Å². The number of hydrogen-bond donors (Lipinski definition) is 0. The zero-order valence-electron chi connectivity index (χ0n) is 11.0. The van der Waals surface area contributed by atoms with Gasteiger partial charge >= 0.3 is 5.97 Å². The van der Waals surface area contributed by atoms with E-state index in [2.05, 4.69) is 0 Å². The third kappa shape index (κ3) is 2.84. The number of esters is 1. The fourth-order valence-electron chi connectivity index (χ4n) is 2.01. The highest BCUT2D eigenvalue weighted by atomic mass is 19.1. The zero-order chi connectivity index (χ0) is 13.8. The van der Waals surface area contributed by atoms with Crippen molar-refractivity contribution in [3.05, 3.63) is 59.7 Å². The summed E-state index contributed by atoms with van der Waals surface area (Å²) in [5, 5.41) is 0. The van der Waals surface area contributed by atoms with E-state index in [1.165, 1.54) is 12.1 Å². The highest BCUT2D eigenvalue weighted by Gasteiger charge is 2.16. The van der Waals surface area contributed by atoms with Crippen LogP contribution in [0.15, 0.2) is 42.6 Å². The molecule has 19 heavy (non-hydrogen) atoms. The molecule has 3 nitrogen and oxygen atoms in total. The Kier molecular flexibility index (Phi) is 4.00. The van der Waals surface area contributed by atoms with E-state index < -0.39 is 0 Å². The molecule has 0 aliphatic heterocycles. The summed E-state index contributed by atoms with van der Waals surface area (Å²) in [4.78, 5) is 11.8. The van der Waals surface area contributed by atoms with Crippen LogP contribution in [0.1, 0.15) is 35.9 Å². The van der Waals surface area contributed by atoms with Crippen LogP contribution in [0.2, 0.25) is 0 Å². The second kappa shape index (κ2) is 5.69. The van der Waals surface area contributed by atoms with Gasteiger partial charge in [-0.1, -0.05) is 12.1 Å². The van der Waals surface area contributed by atoms with Crippen molar-refractivity contribution in [3.8, 4) is 0 Å². The molecule has 0 spiro atoms. The van der Waals surface area contributed by atoms with E-state index in [-0.39, 0.29) is 17.8 Å². The van der Waals surface area contributed by atoms with Gasteiger partial charge in [-0.05, 0) is 43.7 Å². The summed E-state index contributed by atoms with van der Waals surface area (Å²) in [6, 6.07) is 9.72. The molecule has 100 valence electrons. The first-order valence-corrected chi connectivity index (χ1v) is 6.23. The van der Waals surface area contributed by atoms with Crippen molar-refractivity contribution in [1.82, 2.24) is 4.57 Å². The predicted molar refractivity (Wildman–Crippen MR) is 70.6 cm³/mol. The fourth-order valence-corrected chi connectivity index (χ4v) is 2.01. The Balaban J connectivity index is 2.29. The van der Waals surface area contributed by atoms with Gasteiger partial charge in [0, 0.05) is 6.20 Å². The monoisotopic (exact) mass is 261 g/mol. The van der Waals surface area contributed by atoms with Gasteiger partial charge in [-0.25, -0.2) is 9.18 Å². The number of aromatic nitrogens is 1. The second-order valence-electron chi connectivity index (χ2n) is 4.25. The van der Waals surface area contributed by atoms with Gasteiger partial charge < -0.3 is 9.30 Å². The van der Waals surface area contributed by atoms with Crippen LogP contribution in [0.5, 0.6) is 0 Å². The molecule has 0 saturated carbocycles. The molecule has 2 rings (SSSR count). The SMILES string of the molecule is CCOC(=O)c1cccn1C(C)c1ccc(F)cc1. The quantitative estimate of drug-likeness (QED) is 0.790. The minimum Gasteiger partial charge on any atom is -0.461 e. The average Bonchev–Trinajstić information content (AvgIpc) is 2.88. The van der Waals surface area contributed by atoms with Crippen molar-refractivity contribution in [2.75, 3.05) is 6.61 Å². The van der Waals surface area contributed by atoms with Crippen LogP contribution in [-0.4, -0.2) is 17.1 Å². The van der Waals surface area contributed by atoms with Gasteiger partial charge in [0.25, 0.3) is 0 Å². The number of rotatable bonds is 4. The van der Waals surface area contributed by atoms with Crippen molar-refractivity contribution in [1.29, 1.82) is 0 Å². The number of nitrogens with zero attached hydrogens (tertiary/aromatic N) is 1. The molecule has 0 aliphatic carbocycles. The van der Waals surface area contributed by atoms with Crippen LogP contribution >= 0.6 is 0 Å². The summed E-state index contributed by atoms with van der Waals surface area (Å²) in [6.07, 6.45) is 1.82. The van der Waals surface area contributed by atoms with Crippen LogP contribution < -0.4 is 0 Å². The Morgan fingerprint density at radius 1 is 1.32 bits per heavy atom. The maximum atomic E-state index is 12.9. The van der Waals surface area contributed by atoms with Gasteiger partial charge in [-0.15, -0.1) is 0 Å². The summed E-state index contributed by atoms with van der Waals surface area (Å²) in [5.41, 5.74) is 1.43. The molecule has 4 heteroatoms. The van der Waals surface area contributed by atoms with Crippen LogP contribution in [0.3, 0.4) is 0 Å². The van der Waals surface area contributed by atoms with Gasteiger partial charge in [0.15, 0.2) is 0 Å². The van der Waals surface area contributed by atoms with Crippen LogP contribution in [-0.2, 0) is 4.74 Å².